The maximum absolute atomic E-state index is 12.1. The summed E-state index contributed by atoms with van der Waals surface area (Å²) in [6, 6.07) is -0.451. The molecular weight excluding hydrogens is 254 g/mol. The lowest BCUT2D eigenvalue weighted by molar-refractivity contribution is -0.130. The van der Waals surface area contributed by atoms with Crippen molar-refractivity contribution in [3.63, 3.8) is 0 Å². The van der Waals surface area contributed by atoms with Gasteiger partial charge in [0, 0.05) is 19.5 Å². The summed E-state index contributed by atoms with van der Waals surface area (Å²) in [6.45, 7) is 12.3. The number of rotatable bonds is 10. The van der Waals surface area contributed by atoms with Crippen molar-refractivity contribution in [2.75, 3.05) is 19.6 Å². The second-order valence-corrected chi connectivity index (χ2v) is 5.93. The molecule has 118 valence electrons. The van der Waals surface area contributed by atoms with Crippen LogP contribution in [0.4, 0.5) is 0 Å². The molecule has 5 heteroatoms. The predicted molar refractivity (Wildman–Crippen MR) is 82.4 cm³/mol. The first kappa shape index (κ1) is 18.9. The summed E-state index contributed by atoms with van der Waals surface area (Å²) in [5.74, 6) is 0.215. The molecule has 0 bridgehead atoms. The van der Waals surface area contributed by atoms with Gasteiger partial charge in [0.25, 0.3) is 0 Å². The summed E-state index contributed by atoms with van der Waals surface area (Å²) in [6.07, 6.45) is 1.53. The Bertz CT molecular complexity index is 291. The Hall–Kier alpha value is -1.10. The van der Waals surface area contributed by atoms with Gasteiger partial charge in [0.05, 0.1) is 0 Å². The Morgan fingerprint density at radius 2 is 1.65 bits per heavy atom. The lowest BCUT2D eigenvalue weighted by Gasteiger charge is -2.22. The molecule has 0 aliphatic rings. The summed E-state index contributed by atoms with van der Waals surface area (Å²) in [4.78, 5) is 23.9. The van der Waals surface area contributed by atoms with Crippen molar-refractivity contribution in [1.82, 2.24) is 16.0 Å². The van der Waals surface area contributed by atoms with Crippen LogP contribution in [-0.2, 0) is 9.59 Å². The fraction of sp³-hybridized carbons (Fsp3) is 0.867. The Labute approximate surface area is 123 Å². The number of hydrogen-bond donors (Lipinski definition) is 3. The van der Waals surface area contributed by atoms with Crippen LogP contribution in [0.15, 0.2) is 0 Å². The van der Waals surface area contributed by atoms with E-state index in [1.54, 1.807) is 0 Å². The summed E-state index contributed by atoms with van der Waals surface area (Å²) in [7, 11) is 0. The Balaban J connectivity index is 4.16. The van der Waals surface area contributed by atoms with Gasteiger partial charge in [0.2, 0.25) is 11.8 Å². The van der Waals surface area contributed by atoms with E-state index in [1.165, 1.54) is 0 Å². The Kier molecular flexibility index (Phi) is 10.1. The van der Waals surface area contributed by atoms with Gasteiger partial charge in [-0.15, -0.1) is 0 Å². The number of carbonyl (C=O) groups is 2. The van der Waals surface area contributed by atoms with Crippen LogP contribution in [0, 0.1) is 11.8 Å². The fourth-order valence-electron chi connectivity index (χ4n) is 1.82. The van der Waals surface area contributed by atoms with Gasteiger partial charge >= 0.3 is 0 Å². The maximum Gasteiger partial charge on any atom is 0.242 e. The highest BCUT2D eigenvalue weighted by atomic mass is 16.2. The van der Waals surface area contributed by atoms with Crippen LogP contribution in [0.2, 0.25) is 0 Å². The van der Waals surface area contributed by atoms with Gasteiger partial charge in [-0.2, -0.15) is 0 Å². The summed E-state index contributed by atoms with van der Waals surface area (Å²) in [5, 5.41) is 8.92. The molecule has 0 heterocycles. The zero-order valence-corrected chi connectivity index (χ0v) is 13.6. The lowest BCUT2D eigenvalue weighted by Crippen LogP contribution is -2.50. The molecule has 0 aromatic carbocycles. The van der Waals surface area contributed by atoms with Crippen LogP contribution in [0.3, 0.4) is 0 Å². The fourth-order valence-corrected chi connectivity index (χ4v) is 1.82. The van der Waals surface area contributed by atoms with Crippen molar-refractivity contribution >= 4 is 11.8 Å². The van der Waals surface area contributed by atoms with Crippen LogP contribution in [-0.4, -0.2) is 37.5 Å². The zero-order chi connectivity index (χ0) is 15.5. The van der Waals surface area contributed by atoms with E-state index in [4.69, 9.17) is 0 Å². The molecule has 0 spiro atoms. The van der Waals surface area contributed by atoms with Crippen LogP contribution < -0.4 is 16.0 Å². The minimum Gasteiger partial charge on any atom is -0.353 e. The van der Waals surface area contributed by atoms with E-state index in [0.717, 1.165) is 19.5 Å². The standard InChI is InChI=1S/C15H31N3O2/c1-6-7-16-8-9-17-15(20)14(12(4)5)18-13(19)10-11(2)3/h11-12,14,16H,6-10H2,1-5H3,(H,17,20)(H,18,19). The van der Waals surface area contributed by atoms with Crippen LogP contribution in [0.25, 0.3) is 0 Å². The van der Waals surface area contributed by atoms with Gasteiger partial charge < -0.3 is 16.0 Å². The Morgan fingerprint density at radius 1 is 1.00 bits per heavy atom. The van der Waals surface area contributed by atoms with Crippen molar-refractivity contribution < 1.29 is 9.59 Å². The third-order valence-corrected chi connectivity index (χ3v) is 2.89. The normalized spacial score (nSPS) is 12.6. The first-order valence-corrected chi connectivity index (χ1v) is 7.66. The predicted octanol–water partition coefficient (Wildman–Crippen LogP) is 1.29. The van der Waals surface area contributed by atoms with Gasteiger partial charge in [-0.25, -0.2) is 0 Å². The number of hydrogen-bond acceptors (Lipinski definition) is 3. The molecule has 2 amide bonds. The Morgan fingerprint density at radius 3 is 2.15 bits per heavy atom. The molecule has 0 saturated heterocycles. The highest BCUT2D eigenvalue weighted by molar-refractivity contribution is 5.87. The summed E-state index contributed by atoms with van der Waals surface area (Å²) in [5.41, 5.74) is 0. The number of amides is 2. The summed E-state index contributed by atoms with van der Waals surface area (Å²) < 4.78 is 0. The molecule has 0 aromatic heterocycles. The largest absolute Gasteiger partial charge is 0.353 e. The second-order valence-electron chi connectivity index (χ2n) is 5.93. The minimum absolute atomic E-state index is 0.0574. The molecule has 20 heavy (non-hydrogen) atoms. The molecule has 0 aliphatic carbocycles. The monoisotopic (exact) mass is 285 g/mol. The van der Waals surface area contributed by atoms with Gasteiger partial charge in [0.15, 0.2) is 0 Å². The lowest BCUT2D eigenvalue weighted by atomic mass is 10.0. The third kappa shape index (κ3) is 8.91. The van der Waals surface area contributed by atoms with Gasteiger partial charge in [-0.05, 0) is 24.8 Å². The summed E-state index contributed by atoms with van der Waals surface area (Å²) >= 11 is 0. The van der Waals surface area contributed by atoms with E-state index in [9.17, 15) is 9.59 Å². The molecular formula is C15H31N3O2. The van der Waals surface area contributed by atoms with E-state index in [1.807, 2.05) is 27.7 Å². The molecule has 0 aromatic rings. The van der Waals surface area contributed by atoms with Crippen LogP contribution in [0.1, 0.15) is 47.5 Å². The van der Waals surface area contributed by atoms with Crippen LogP contribution in [0.5, 0.6) is 0 Å². The molecule has 3 N–H and O–H groups in total. The molecule has 1 unspecified atom stereocenters. The first-order chi connectivity index (χ1) is 9.38. The SMILES string of the molecule is CCCNCCNC(=O)C(NC(=O)CC(C)C)C(C)C. The highest BCUT2D eigenvalue weighted by Gasteiger charge is 2.23. The van der Waals surface area contributed by atoms with E-state index < -0.39 is 6.04 Å². The van der Waals surface area contributed by atoms with Crippen LogP contribution >= 0.6 is 0 Å². The smallest absolute Gasteiger partial charge is 0.242 e. The first-order valence-electron chi connectivity index (χ1n) is 7.66. The van der Waals surface area contributed by atoms with E-state index in [0.29, 0.717) is 18.9 Å². The van der Waals surface area contributed by atoms with Gasteiger partial charge in [0.1, 0.15) is 6.04 Å². The maximum atomic E-state index is 12.1. The number of carbonyl (C=O) groups excluding carboxylic acids is 2. The van der Waals surface area contributed by atoms with E-state index in [-0.39, 0.29) is 17.7 Å². The molecule has 0 saturated carbocycles. The molecule has 0 rings (SSSR count). The van der Waals surface area contributed by atoms with Crippen molar-refractivity contribution in [1.29, 1.82) is 0 Å². The molecule has 1 atom stereocenters. The third-order valence-electron chi connectivity index (χ3n) is 2.89. The average Bonchev–Trinajstić information content (AvgIpc) is 2.34. The average molecular weight is 285 g/mol. The molecule has 0 fully saturated rings. The topological polar surface area (TPSA) is 70.2 Å². The van der Waals surface area contributed by atoms with E-state index in [2.05, 4.69) is 22.9 Å². The second kappa shape index (κ2) is 10.7. The van der Waals surface area contributed by atoms with Crippen molar-refractivity contribution in [3.05, 3.63) is 0 Å². The van der Waals surface area contributed by atoms with Crippen molar-refractivity contribution in [2.24, 2.45) is 11.8 Å². The molecule has 0 aliphatic heterocycles. The number of nitrogens with one attached hydrogen (secondary N) is 3. The van der Waals surface area contributed by atoms with Crippen molar-refractivity contribution in [3.8, 4) is 0 Å². The highest BCUT2D eigenvalue weighted by Crippen LogP contribution is 2.04. The zero-order valence-electron chi connectivity index (χ0n) is 13.6. The van der Waals surface area contributed by atoms with Crippen molar-refractivity contribution in [2.45, 2.75) is 53.5 Å². The van der Waals surface area contributed by atoms with E-state index >= 15 is 0 Å². The minimum atomic E-state index is -0.451. The van der Waals surface area contributed by atoms with Gasteiger partial charge in [-0.3, -0.25) is 9.59 Å². The van der Waals surface area contributed by atoms with Gasteiger partial charge in [-0.1, -0.05) is 34.6 Å². The molecule has 5 nitrogen and oxygen atoms in total. The quantitative estimate of drug-likeness (QED) is 0.530. The molecule has 0 radical (unpaired) electrons.